The fourth-order valence-electron chi connectivity index (χ4n) is 4.77. The summed E-state index contributed by atoms with van der Waals surface area (Å²) in [5, 5.41) is 5.00. The van der Waals surface area contributed by atoms with E-state index in [0.717, 1.165) is 22.5 Å². The molecule has 2 amide bonds. The minimum Gasteiger partial charge on any atom is -0.349 e. The molecule has 0 aliphatic carbocycles. The lowest BCUT2D eigenvalue weighted by Gasteiger charge is -2.29. The van der Waals surface area contributed by atoms with Crippen molar-refractivity contribution in [1.29, 1.82) is 0 Å². The smallest absolute Gasteiger partial charge is 0.270 e. The van der Waals surface area contributed by atoms with E-state index in [1.807, 2.05) is 103 Å². The SMILES string of the molecule is Cc1nc2sccn2c1C(=O)NC[C@@H](CCc1ccccc1)N(C)C(=O)c1ccccc1-c1ccccc1. The Bertz CT molecular complexity index is 1540. The lowest BCUT2D eigenvalue weighted by Crippen LogP contribution is -2.45. The molecule has 2 aromatic heterocycles. The highest BCUT2D eigenvalue weighted by molar-refractivity contribution is 7.15. The summed E-state index contributed by atoms with van der Waals surface area (Å²) in [5.74, 6) is -0.263. The van der Waals surface area contributed by atoms with Gasteiger partial charge in [-0.15, -0.1) is 11.3 Å². The van der Waals surface area contributed by atoms with Gasteiger partial charge in [0.25, 0.3) is 11.8 Å². The monoisotopic (exact) mass is 522 g/mol. The van der Waals surface area contributed by atoms with Crippen molar-refractivity contribution in [1.82, 2.24) is 19.6 Å². The van der Waals surface area contributed by atoms with Crippen molar-refractivity contribution >= 4 is 28.1 Å². The molecule has 5 aromatic rings. The van der Waals surface area contributed by atoms with Crippen LogP contribution in [0.15, 0.2) is 96.5 Å². The van der Waals surface area contributed by atoms with Crippen LogP contribution >= 0.6 is 11.3 Å². The number of hydrogen-bond donors (Lipinski definition) is 1. The first-order valence-electron chi connectivity index (χ1n) is 12.7. The Balaban J connectivity index is 1.38. The average molecular weight is 523 g/mol. The standard InChI is InChI=1S/C31H30N4O2S/c1-22-28(35-19-20-38-31(35)33-22)29(36)32-21-25(18-17-23-11-5-3-6-12-23)34(2)30(37)27-16-10-9-15-26(27)24-13-7-4-8-14-24/h3-16,19-20,25H,17-18,21H2,1-2H3,(H,32,36)/t25-/m1/s1. The Kier molecular flexibility index (Phi) is 7.65. The number of thiazole rings is 1. The maximum absolute atomic E-state index is 13.9. The molecule has 0 aliphatic rings. The number of fused-ring (bicyclic) bond motifs is 1. The summed E-state index contributed by atoms with van der Waals surface area (Å²) < 4.78 is 1.82. The first-order chi connectivity index (χ1) is 18.5. The van der Waals surface area contributed by atoms with E-state index in [1.165, 1.54) is 16.9 Å². The molecule has 0 saturated heterocycles. The Morgan fingerprint density at radius 3 is 2.42 bits per heavy atom. The molecule has 0 saturated carbocycles. The van der Waals surface area contributed by atoms with Gasteiger partial charge >= 0.3 is 0 Å². The topological polar surface area (TPSA) is 66.7 Å². The summed E-state index contributed by atoms with van der Waals surface area (Å²) >= 11 is 1.49. The number of carbonyl (C=O) groups is 2. The number of aromatic nitrogens is 2. The number of likely N-dealkylation sites (N-methyl/N-ethyl adjacent to an activating group) is 1. The summed E-state index contributed by atoms with van der Waals surface area (Å²) in [6.07, 6.45) is 3.36. The molecule has 0 fully saturated rings. The average Bonchev–Trinajstić information content (AvgIpc) is 3.53. The number of aryl methyl sites for hydroxylation is 2. The molecule has 1 N–H and O–H groups in total. The van der Waals surface area contributed by atoms with E-state index in [0.29, 0.717) is 29.9 Å². The number of amides is 2. The number of nitrogens with one attached hydrogen (secondary N) is 1. The van der Waals surface area contributed by atoms with Crippen molar-refractivity contribution in [2.45, 2.75) is 25.8 Å². The van der Waals surface area contributed by atoms with Crippen LogP contribution in [0.4, 0.5) is 0 Å². The van der Waals surface area contributed by atoms with E-state index >= 15 is 0 Å². The third-order valence-corrected chi connectivity index (χ3v) is 7.63. The summed E-state index contributed by atoms with van der Waals surface area (Å²) in [5.41, 5.74) is 4.95. The van der Waals surface area contributed by atoms with Gasteiger partial charge in [-0.2, -0.15) is 0 Å². The zero-order valence-electron chi connectivity index (χ0n) is 21.5. The molecule has 7 heteroatoms. The van der Waals surface area contributed by atoms with Crippen molar-refractivity contribution in [2.75, 3.05) is 13.6 Å². The van der Waals surface area contributed by atoms with Crippen LogP contribution < -0.4 is 5.32 Å². The van der Waals surface area contributed by atoms with Crippen LogP contribution in [0.2, 0.25) is 0 Å². The van der Waals surface area contributed by atoms with Crippen LogP contribution in [0.5, 0.6) is 0 Å². The van der Waals surface area contributed by atoms with Crippen molar-refractivity contribution in [3.05, 3.63) is 119 Å². The number of carbonyl (C=O) groups excluding carboxylic acids is 2. The normalized spacial score (nSPS) is 11.8. The third kappa shape index (κ3) is 5.38. The molecule has 0 spiro atoms. The molecule has 1 atom stereocenters. The molecule has 3 aromatic carbocycles. The van der Waals surface area contributed by atoms with Gasteiger partial charge in [-0.05, 0) is 42.5 Å². The van der Waals surface area contributed by atoms with Gasteiger partial charge in [-0.25, -0.2) is 4.98 Å². The number of rotatable bonds is 9. The van der Waals surface area contributed by atoms with Gasteiger partial charge in [-0.1, -0.05) is 78.9 Å². The van der Waals surface area contributed by atoms with E-state index in [2.05, 4.69) is 22.4 Å². The second-order valence-corrected chi connectivity index (χ2v) is 10.2. The molecule has 0 aliphatic heterocycles. The number of imidazole rings is 1. The van der Waals surface area contributed by atoms with Crippen LogP contribution in [0, 0.1) is 6.92 Å². The highest BCUT2D eigenvalue weighted by atomic mass is 32.1. The van der Waals surface area contributed by atoms with Gasteiger partial charge in [0.05, 0.1) is 5.69 Å². The molecule has 0 bridgehead atoms. The van der Waals surface area contributed by atoms with Crippen molar-refractivity contribution in [3.8, 4) is 11.1 Å². The summed E-state index contributed by atoms with van der Waals surface area (Å²) in [6, 6.07) is 27.6. The zero-order valence-corrected chi connectivity index (χ0v) is 22.3. The zero-order chi connectivity index (χ0) is 26.5. The van der Waals surface area contributed by atoms with Crippen LogP contribution in [0.1, 0.15) is 38.5 Å². The predicted molar refractivity (Wildman–Crippen MR) is 153 cm³/mol. The molecule has 192 valence electrons. The predicted octanol–water partition coefficient (Wildman–Crippen LogP) is 5.87. The number of benzene rings is 3. The molecule has 0 unspecified atom stereocenters. The van der Waals surface area contributed by atoms with E-state index in [-0.39, 0.29) is 17.9 Å². The minimum atomic E-state index is -0.207. The number of hydrogen-bond acceptors (Lipinski definition) is 4. The molecule has 5 rings (SSSR count). The largest absolute Gasteiger partial charge is 0.349 e. The molecule has 2 heterocycles. The Labute approximate surface area is 226 Å². The second kappa shape index (κ2) is 11.4. The highest BCUT2D eigenvalue weighted by Gasteiger charge is 2.25. The molecule has 38 heavy (non-hydrogen) atoms. The maximum atomic E-state index is 13.9. The van der Waals surface area contributed by atoms with Gasteiger partial charge in [0, 0.05) is 36.8 Å². The van der Waals surface area contributed by atoms with Gasteiger partial charge in [-0.3, -0.25) is 14.0 Å². The van der Waals surface area contributed by atoms with Crippen LogP contribution in [-0.2, 0) is 6.42 Å². The van der Waals surface area contributed by atoms with Crippen molar-refractivity contribution in [3.63, 3.8) is 0 Å². The van der Waals surface area contributed by atoms with E-state index in [1.54, 1.807) is 4.90 Å². The maximum Gasteiger partial charge on any atom is 0.270 e. The molecule has 6 nitrogen and oxygen atoms in total. The van der Waals surface area contributed by atoms with Gasteiger partial charge in [0.1, 0.15) is 5.69 Å². The Morgan fingerprint density at radius 2 is 1.66 bits per heavy atom. The van der Waals surface area contributed by atoms with E-state index < -0.39 is 0 Å². The van der Waals surface area contributed by atoms with E-state index in [4.69, 9.17) is 0 Å². The highest BCUT2D eigenvalue weighted by Crippen LogP contribution is 2.25. The molecule has 0 radical (unpaired) electrons. The van der Waals surface area contributed by atoms with E-state index in [9.17, 15) is 9.59 Å². The quantitative estimate of drug-likeness (QED) is 0.263. The minimum absolute atomic E-state index is 0.0717. The van der Waals surface area contributed by atoms with Crippen molar-refractivity contribution in [2.24, 2.45) is 0 Å². The van der Waals surface area contributed by atoms with Gasteiger partial charge in [0.2, 0.25) is 0 Å². The lowest BCUT2D eigenvalue weighted by atomic mass is 9.97. The summed E-state index contributed by atoms with van der Waals surface area (Å²) in [7, 11) is 1.83. The number of nitrogens with zero attached hydrogens (tertiary/aromatic N) is 3. The Hall–Kier alpha value is -4.23. The van der Waals surface area contributed by atoms with Crippen LogP contribution in [0.25, 0.3) is 16.1 Å². The summed E-state index contributed by atoms with van der Waals surface area (Å²) in [6.45, 7) is 2.18. The summed E-state index contributed by atoms with van der Waals surface area (Å²) in [4.78, 5) is 34.2. The first kappa shape index (κ1) is 25.4. The fourth-order valence-corrected chi connectivity index (χ4v) is 5.53. The molecular weight excluding hydrogens is 492 g/mol. The third-order valence-electron chi connectivity index (χ3n) is 6.87. The first-order valence-corrected chi connectivity index (χ1v) is 13.6. The fraction of sp³-hybridized carbons (Fsp3) is 0.194. The second-order valence-electron chi connectivity index (χ2n) is 9.32. The van der Waals surface area contributed by atoms with Gasteiger partial charge in [0.15, 0.2) is 4.96 Å². The Morgan fingerprint density at radius 1 is 0.974 bits per heavy atom. The van der Waals surface area contributed by atoms with Crippen molar-refractivity contribution < 1.29 is 9.59 Å². The molecular formula is C31H30N4O2S. The van der Waals surface area contributed by atoms with Gasteiger partial charge < -0.3 is 10.2 Å². The van der Waals surface area contributed by atoms with Crippen LogP contribution in [0.3, 0.4) is 0 Å². The lowest BCUT2D eigenvalue weighted by molar-refractivity contribution is 0.0711. The van der Waals surface area contributed by atoms with Crippen LogP contribution in [-0.4, -0.2) is 45.7 Å².